The van der Waals surface area contributed by atoms with E-state index in [-0.39, 0.29) is 11.9 Å². The van der Waals surface area contributed by atoms with Gasteiger partial charge in [0.15, 0.2) is 0 Å². The zero-order chi connectivity index (χ0) is 16.1. The van der Waals surface area contributed by atoms with Crippen molar-refractivity contribution in [3.05, 3.63) is 0 Å². The molecule has 0 spiro atoms. The number of amides is 1. The molecule has 3 heterocycles. The molecule has 0 radical (unpaired) electrons. The number of likely N-dealkylation sites (tertiary alicyclic amines) is 3. The second-order valence-electron chi connectivity index (χ2n) is 7.62. The Labute approximate surface area is 141 Å². The third kappa shape index (κ3) is 4.68. The smallest absolute Gasteiger partial charge is 0.240 e. The predicted molar refractivity (Wildman–Crippen MR) is 93.3 cm³/mol. The number of nitrogens with two attached hydrogens (primary N) is 1. The Morgan fingerprint density at radius 3 is 2.04 bits per heavy atom. The molecule has 5 heteroatoms. The molecule has 0 aromatic carbocycles. The van der Waals surface area contributed by atoms with E-state index in [9.17, 15) is 4.79 Å². The van der Waals surface area contributed by atoms with Gasteiger partial charge in [-0.3, -0.25) is 4.79 Å². The van der Waals surface area contributed by atoms with Gasteiger partial charge in [-0.05, 0) is 64.7 Å². The number of carbonyl (C=O) groups is 1. The van der Waals surface area contributed by atoms with Crippen molar-refractivity contribution in [3.63, 3.8) is 0 Å². The lowest BCUT2D eigenvalue weighted by atomic mass is 9.99. The molecule has 3 rings (SSSR count). The van der Waals surface area contributed by atoms with Crippen LogP contribution in [0, 0.1) is 0 Å². The highest BCUT2D eigenvalue weighted by atomic mass is 16.2. The second-order valence-corrected chi connectivity index (χ2v) is 7.62. The van der Waals surface area contributed by atoms with E-state index in [1.165, 1.54) is 51.6 Å². The summed E-state index contributed by atoms with van der Waals surface area (Å²) < 4.78 is 0. The molecule has 2 N–H and O–H groups in total. The van der Waals surface area contributed by atoms with Crippen molar-refractivity contribution in [2.24, 2.45) is 5.73 Å². The molecule has 23 heavy (non-hydrogen) atoms. The van der Waals surface area contributed by atoms with Crippen LogP contribution in [0.3, 0.4) is 0 Å². The van der Waals surface area contributed by atoms with Gasteiger partial charge in [0.1, 0.15) is 0 Å². The molecule has 1 atom stereocenters. The fourth-order valence-electron chi connectivity index (χ4n) is 4.47. The van der Waals surface area contributed by atoms with Crippen LogP contribution < -0.4 is 5.73 Å². The Hall–Kier alpha value is -0.650. The molecule has 3 saturated heterocycles. The summed E-state index contributed by atoms with van der Waals surface area (Å²) in [6.45, 7) is 7.27. The Balaban J connectivity index is 1.41. The first kappa shape index (κ1) is 17.2. The fraction of sp³-hybridized carbons (Fsp3) is 0.944. The highest BCUT2D eigenvalue weighted by Crippen LogP contribution is 2.21. The molecule has 0 bridgehead atoms. The van der Waals surface area contributed by atoms with Crippen molar-refractivity contribution < 1.29 is 4.79 Å². The summed E-state index contributed by atoms with van der Waals surface area (Å²) in [4.78, 5) is 19.7. The summed E-state index contributed by atoms with van der Waals surface area (Å²) in [5, 5.41) is 0. The molecule has 0 aliphatic carbocycles. The molecule has 3 aliphatic heterocycles. The van der Waals surface area contributed by atoms with Gasteiger partial charge in [-0.1, -0.05) is 12.8 Å². The molecule has 3 fully saturated rings. The maximum Gasteiger partial charge on any atom is 0.240 e. The van der Waals surface area contributed by atoms with Gasteiger partial charge in [0.2, 0.25) is 5.91 Å². The molecule has 3 aliphatic rings. The van der Waals surface area contributed by atoms with Crippen molar-refractivity contribution >= 4 is 5.91 Å². The summed E-state index contributed by atoms with van der Waals surface area (Å²) in [6, 6.07) is 0.359. The third-order valence-corrected chi connectivity index (χ3v) is 5.90. The zero-order valence-electron chi connectivity index (χ0n) is 14.6. The van der Waals surface area contributed by atoms with Crippen LogP contribution >= 0.6 is 0 Å². The maximum atomic E-state index is 12.6. The molecule has 0 saturated carbocycles. The van der Waals surface area contributed by atoms with E-state index in [4.69, 9.17) is 5.73 Å². The van der Waals surface area contributed by atoms with Crippen molar-refractivity contribution in [2.45, 2.75) is 63.5 Å². The summed E-state index contributed by atoms with van der Waals surface area (Å²) in [5.41, 5.74) is 6.21. The van der Waals surface area contributed by atoms with E-state index in [0.717, 1.165) is 45.6 Å². The number of piperidine rings is 3. The predicted octanol–water partition coefficient (Wildman–Crippen LogP) is 1.28. The minimum absolute atomic E-state index is 0.174. The largest absolute Gasteiger partial charge is 0.341 e. The number of rotatable bonds is 4. The lowest BCUT2D eigenvalue weighted by Crippen LogP contribution is -2.54. The lowest BCUT2D eigenvalue weighted by molar-refractivity contribution is -0.134. The summed E-state index contributed by atoms with van der Waals surface area (Å²) in [5.74, 6) is 0.174. The van der Waals surface area contributed by atoms with E-state index >= 15 is 0 Å². The van der Waals surface area contributed by atoms with Gasteiger partial charge in [-0.2, -0.15) is 0 Å². The van der Waals surface area contributed by atoms with E-state index in [2.05, 4.69) is 9.80 Å². The average Bonchev–Trinajstić information content (AvgIpc) is 2.63. The van der Waals surface area contributed by atoms with Gasteiger partial charge < -0.3 is 20.4 Å². The van der Waals surface area contributed by atoms with E-state index in [1.807, 2.05) is 4.90 Å². The van der Waals surface area contributed by atoms with E-state index in [1.54, 1.807) is 0 Å². The highest BCUT2D eigenvalue weighted by molar-refractivity contribution is 5.82. The normalized spacial score (nSPS) is 27.1. The Kier molecular flexibility index (Phi) is 6.31. The summed E-state index contributed by atoms with van der Waals surface area (Å²) in [6.07, 6.45) is 10.2. The number of hydrogen-bond acceptors (Lipinski definition) is 4. The first-order valence-corrected chi connectivity index (χ1v) is 9.75. The average molecular weight is 322 g/mol. The third-order valence-electron chi connectivity index (χ3n) is 5.90. The monoisotopic (exact) mass is 322 g/mol. The van der Waals surface area contributed by atoms with E-state index in [0.29, 0.717) is 6.04 Å². The minimum atomic E-state index is -0.334. The molecule has 5 nitrogen and oxygen atoms in total. The van der Waals surface area contributed by atoms with Gasteiger partial charge in [-0.15, -0.1) is 0 Å². The summed E-state index contributed by atoms with van der Waals surface area (Å²) in [7, 11) is 0. The SMILES string of the molecule is NC(CN1CCCCC1)C(=O)N1CCC(N2CCCCC2)CC1. The molecule has 1 amide bonds. The molecule has 1 unspecified atom stereocenters. The van der Waals surface area contributed by atoms with Crippen LogP contribution in [-0.4, -0.2) is 78.5 Å². The first-order chi connectivity index (χ1) is 11.2. The van der Waals surface area contributed by atoms with Gasteiger partial charge >= 0.3 is 0 Å². The van der Waals surface area contributed by atoms with Crippen LogP contribution in [0.4, 0.5) is 0 Å². The van der Waals surface area contributed by atoms with E-state index < -0.39 is 0 Å². The van der Waals surface area contributed by atoms with Crippen molar-refractivity contribution in [3.8, 4) is 0 Å². The summed E-state index contributed by atoms with van der Waals surface area (Å²) >= 11 is 0. The topological polar surface area (TPSA) is 52.8 Å². The Morgan fingerprint density at radius 1 is 0.870 bits per heavy atom. The Bertz CT molecular complexity index is 369. The number of nitrogens with zero attached hydrogens (tertiary/aromatic N) is 3. The van der Waals surface area contributed by atoms with Crippen LogP contribution in [0.5, 0.6) is 0 Å². The number of carbonyl (C=O) groups excluding carboxylic acids is 1. The molecular formula is C18H34N4O. The standard InChI is InChI=1S/C18H34N4O/c19-17(15-20-9-3-1-4-10-20)18(23)22-13-7-16(8-14-22)21-11-5-2-6-12-21/h16-17H,1-15,19H2. The molecule has 0 aromatic heterocycles. The molecule has 0 aromatic rings. The van der Waals surface area contributed by atoms with Crippen LogP contribution in [0.2, 0.25) is 0 Å². The lowest BCUT2D eigenvalue weighted by Gasteiger charge is -2.41. The highest BCUT2D eigenvalue weighted by Gasteiger charge is 2.30. The van der Waals surface area contributed by atoms with Crippen LogP contribution in [0.15, 0.2) is 0 Å². The van der Waals surface area contributed by atoms with Gasteiger partial charge in [-0.25, -0.2) is 0 Å². The minimum Gasteiger partial charge on any atom is -0.341 e. The molecule has 132 valence electrons. The molecular weight excluding hydrogens is 288 g/mol. The van der Waals surface area contributed by atoms with Gasteiger partial charge in [0, 0.05) is 25.7 Å². The zero-order valence-corrected chi connectivity index (χ0v) is 14.6. The van der Waals surface area contributed by atoms with Crippen LogP contribution in [-0.2, 0) is 4.79 Å². The maximum absolute atomic E-state index is 12.6. The van der Waals surface area contributed by atoms with Gasteiger partial charge in [0.05, 0.1) is 6.04 Å². The van der Waals surface area contributed by atoms with Gasteiger partial charge in [0.25, 0.3) is 0 Å². The van der Waals surface area contributed by atoms with Crippen molar-refractivity contribution in [1.29, 1.82) is 0 Å². The van der Waals surface area contributed by atoms with Crippen LogP contribution in [0.25, 0.3) is 0 Å². The number of hydrogen-bond donors (Lipinski definition) is 1. The van der Waals surface area contributed by atoms with Crippen LogP contribution in [0.1, 0.15) is 51.4 Å². The van der Waals surface area contributed by atoms with Crippen molar-refractivity contribution in [2.75, 3.05) is 45.8 Å². The van der Waals surface area contributed by atoms with Crippen molar-refractivity contribution in [1.82, 2.24) is 14.7 Å². The first-order valence-electron chi connectivity index (χ1n) is 9.75. The second kappa shape index (κ2) is 8.45. The Morgan fingerprint density at radius 2 is 1.43 bits per heavy atom. The quantitative estimate of drug-likeness (QED) is 0.847. The fourth-order valence-corrected chi connectivity index (χ4v) is 4.47.